The van der Waals surface area contributed by atoms with Gasteiger partial charge in [0.05, 0.1) is 18.7 Å². The normalized spacial score (nSPS) is 11.7. The molecule has 0 aliphatic rings. The van der Waals surface area contributed by atoms with Crippen molar-refractivity contribution in [3.63, 3.8) is 0 Å². The van der Waals surface area contributed by atoms with E-state index in [9.17, 15) is 19.8 Å². The minimum atomic E-state index is -0.825. The number of benzene rings is 3. The fourth-order valence-electron chi connectivity index (χ4n) is 3.90. The summed E-state index contributed by atoms with van der Waals surface area (Å²) in [5.41, 5.74) is 2.94. The van der Waals surface area contributed by atoms with Crippen LogP contribution in [-0.4, -0.2) is 41.4 Å². The highest BCUT2D eigenvalue weighted by atomic mass is 16.5. The number of urea groups is 1. The predicted octanol–water partition coefficient (Wildman–Crippen LogP) is 3.75. The van der Waals surface area contributed by atoms with Crippen molar-refractivity contribution in [3.05, 3.63) is 94.3 Å². The van der Waals surface area contributed by atoms with Crippen LogP contribution in [0.25, 0.3) is 10.9 Å². The van der Waals surface area contributed by atoms with Gasteiger partial charge in [-0.3, -0.25) is 4.79 Å². The molecular weight excluding hydrogens is 460 g/mol. The number of carbonyl (C=O) groups excluding carboxylic acids is 1. The lowest BCUT2D eigenvalue weighted by molar-refractivity contribution is 0.176. The number of fused-ring (bicyclic) bond motifs is 1. The van der Waals surface area contributed by atoms with E-state index in [2.05, 4.69) is 20.9 Å². The van der Waals surface area contributed by atoms with E-state index in [1.807, 2.05) is 24.3 Å². The fraction of sp³-hybridized carbons (Fsp3) is 0.185. The van der Waals surface area contributed by atoms with Crippen molar-refractivity contribution in [2.75, 3.05) is 30.8 Å². The Labute approximate surface area is 207 Å². The van der Waals surface area contributed by atoms with Gasteiger partial charge >= 0.3 is 6.03 Å². The number of H-pyrrole nitrogens is 1. The summed E-state index contributed by atoms with van der Waals surface area (Å²) in [7, 11) is 1.58. The fourth-order valence-corrected chi connectivity index (χ4v) is 3.90. The topological polar surface area (TPSA) is 136 Å². The van der Waals surface area contributed by atoms with Crippen molar-refractivity contribution in [3.8, 4) is 11.5 Å². The Morgan fingerprint density at radius 2 is 1.78 bits per heavy atom. The molecule has 0 fully saturated rings. The van der Waals surface area contributed by atoms with Gasteiger partial charge in [-0.2, -0.15) is 0 Å². The van der Waals surface area contributed by atoms with E-state index in [0.29, 0.717) is 53.1 Å². The number of aliphatic hydroxyl groups excluding tert-OH is 1. The second-order valence-electron chi connectivity index (χ2n) is 8.26. The summed E-state index contributed by atoms with van der Waals surface area (Å²) in [6.07, 6.45) is -0.139. The molecule has 0 aliphatic carbocycles. The Bertz CT molecular complexity index is 1400. The van der Waals surface area contributed by atoms with E-state index in [4.69, 9.17) is 4.74 Å². The van der Waals surface area contributed by atoms with E-state index in [1.165, 1.54) is 12.1 Å². The molecule has 0 saturated carbocycles. The average molecular weight is 489 g/mol. The molecule has 0 spiro atoms. The average Bonchev–Trinajstić information content (AvgIpc) is 2.87. The van der Waals surface area contributed by atoms with E-state index >= 15 is 0 Å². The zero-order chi connectivity index (χ0) is 25.5. The third-order valence-corrected chi connectivity index (χ3v) is 5.73. The number of ether oxygens (including phenoxy) is 1. The van der Waals surface area contributed by atoms with Crippen LogP contribution in [0.2, 0.25) is 0 Å². The molecule has 9 heteroatoms. The maximum Gasteiger partial charge on any atom is 0.323 e. The Balaban J connectivity index is 1.28. The van der Waals surface area contributed by atoms with Gasteiger partial charge in [-0.25, -0.2) is 4.79 Å². The van der Waals surface area contributed by atoms with E-state index in [0.717, 1.165) is 5.56 Å². The van der Waals surface area contributed by atoms with Gasteiger partial charge in [-0.05, 0) is 72.6 Å². The van der Waals surface area contributed by atoms with Crippen LogP contribution in [0.5, 0.6) is 11.5 Å². The van der Waals surface area contributed by atoms with Gasteiger partial charge in [0.25, 0.3) is 0 Å². The molecule has 36 heavy (non-hydrogen) atoms. The van der Waals surface area contributed by atoms with Crippen LogP contribution < -0.4 is 26.2 Å². The molecule has 6 N–H and O–H groups in total. The third-order valence-electron chi connectivity index (χ3n) is 5.73. The highest BCUT2D eigenvalue weighted by Crippen LogP contribution is 2.28. The van der Waals surface area contributed by atoms with Gasteiger partial charge in [-0.15, -0.1) is 0 Å². The van der Waals surface area contributed by atoms with Gasteiger partial charge in [-0.1, -0.05) is 18.2 Å². The highest BCUT2D eigenvalue weighted by Gasteiger charge is 2.14. The Morgan fingerprint density at radius 3 is 2.56 bits per heavy atom. The number of rotatable bonds is 9. The molecule has 186 valence electrons. The van der Waals surface area contributed by atoms with Crippen molar-refractivity contribution in [1.82, 2.24) is 10.3 Å². The summed E-state index contributed by atoms with van der Waals surface area (Å²) in [5, 5.41) is 30.1. The summed E-state index contributed by atoms with van der Waals surface area (Å²) in [5.74, 6) is 0.667. The van der Waals surface area contributed by atoms with Crippen molar-refractivity contribution in [2.45, 2.75) is 12.5 Å². The Kier molecular flexibility index (Phi) is 7.84. The van der Waals surface area contributed by atoms with Crippen molar-refractivity contribution in [1.29, 1.82) is 0 Å². The smallest absolute Gasteiger partial charge is 0.323 e. The molecule has 4 aromatic rings. The van der Waals surface area contributed by atoms with Crippen LogP contribution in [0.1, 0.15) is 17.2 Å². The number of aromatic hydroxyl groups is 1. The van der Waals surface area contributed by atoms with Gasteiger partial charge in [0.2, 0.25) is 5.56 Å². The minimum absolute atomic E-state index is 0.0437. The van der Waals surface area contributed by atoms with Gasteiger partial charge < -0.3 is 35.9 Å². The first-order valence-electron chi connectivity index (χ1n) is 11.5. The van der Waals surface area contributed by atoms with Crippen LogP contribution >= 0.6 is 0 Å². The summed E-state index contributed by atoms with van der Waals surface area (Å²) >= 11 is 0. The molecule has 0 bridgehead atoms. The van der Waals surface area contributed by atoms with Gasteiger partial charge in [0.1, 0.15) is 11.5 Å². The standard InChI is InChI=1S/C27H28N4O5/c1-36-20-7-5-18(6-8-20)29-27(35)30-19-4-2-3-17(15-19)13-14-28-16-24(33)21-9-11-23(32)26-22(21)10-12-25(34)31-26/h2-12,15,24,28,32-33H,13-14,16H2,1H3,(H,31,34)(H2,29,30,35). The summed E-state index contributed by atoms with van der Waals surface area (Å²) in [6.45, 7) is 0.895. The predicted molar refractivity (Wildman–Crippen MR) is 140 cm³/mol. The minimum Gasteiger partial charge on any atom is -0.506 e. The van der Waals surface area contributed by atoms with E-state index in [1.54, 1.807) is 43.5 Å². The molecule has 0 radical (unpaired) electrons. The molecule has 0 saturated heterocycles. The first kappa shape index (κ1) is 24.8. The number of aromatic amines is 1. The number of nitrogens with one attached hydrogen (secondary N) is 4. The zero-order valence-electron chi connectivity index (χ0n) is 19.7. The number of hydrogen-bond donors (Lipinski definition) is 6. The van der Waals surface area contributed by atoms with Crippen molar-refractivity contribution in [2.24, 2.45) is 0 Å². The number of aromatic nitrogens is 1. The maximum atomic E-state index is 12.3. The van der Waals surface area contributed by atoms with Crippen LogP contribution in [-0.2, 0) is 6.42 Å². The SMILES string of the molecule is COc1ccc(NC(=O)Nc2cccc(CCNCC(O)c3ccc(O)c4[nH]c(=O)ccc34)c2)cc1. The number of anilines is 2. The number of methoxy groups -OCH3 is 1. The zero-order valence-corrected chi connectivity index (χ0v) is 19.7. The van der Waals surface area contributed by atoms with Crippen molar-refractivity contribution >= 4 is 28.3 Å². The molecule has 4 rings (SSSR count). The van der Waals surface area contributed by atoms with Gasteiger partial charge in [0, 0.05) is 29.4 Å². The van der Waals surface area contributed by atoms with E-state index < -0.39 is 6.10 Å². The monoisotopic (exact) mass is 488 g/mol. The van der Waals surface area contributed by atoms with Gasteiger partial charge in [0.15, 0.2) is 0 Å². The van der Waals surface area contributed by atoms with Crippen molar-refractivity contribution < 1.29 is 19.7 Å². The molecule has 3 aromatic carbocycles. The molecule has 1 unspecified atom stereocenters. The maximum absolute atomic E-state index is 12.3. The lowest BCUT2D eigenvalue weighted by atomic mass is 10.0. The quantitative estimate of drug-likeness (QED) is 0.199. The largest absolute Gasteiger partial charge is 0.506 e. The summed E-state index contributed by atoms with van der Waals surface area (Å²) < 4.78 is 5.12. The number of pyridine rings is 1. The molecule has 9 nitrogen and oxygen atoms in total. The molecule has 0 aliphatic heterocycles. The van der Waals surface area contributed by atoms with Crippen LogP contribution in [0.15, 0.2) is 77.6 Å². The number of hydrogen-bond acceptors (Lipinski definition) is 6. The first-order valence-corrected chi connectivity index (χ1v) is 11.5. The lowest BCUT2D eigenvalue weighted by Gasteiger charge is -2.15. The third kappa shape index (κ3) is 6.21. The van der Waals surface area contributed by atoms with Crippen LogP contribution in [0, 0.1) is 0 Å². The molecule has 2 amide bonds. The highest BCUT2D eigenvalue weighted by molar-refractivity contribution is 5.99. The second-order valence-corrected chi connectivity index (χ2v) is 8.26. The molecule has 1 atom stereocenters. The number of phenolic OH excluding ortho intramolecular Hbond substituents is 1. The molecule has 1 aromatic heterocycles. The Morgan fingerprint density at radius 1 is 1.00 bits per heavy atom. The first-order chi connectivity index (χ1) is 17.4. The Hall–Kier alpha value is -4.34. The number of carbonyl (C=O) groups is 1. The van der Waals surface area contributed by atoms with Crippen LogP contribution in [0.3, 0.4) is 0 Å². The number of phenols is 1. The molecular formula is C27H28N4O5. The van der Waals surface area contributed by atoms with E-state index in [-0.39, 0.29) is 17.3 Å². The molecule has 1 heterocycles. The summed E-state index contributed by atoms with van der Waals surface area (Å²) in [6, 6.07) is 20.3. The van der Waals surface area contributed by atoms with Crippen LogP contribution in [0.4, 0.5) is 16.2 Å². The number of aliphatic hydroxyl groups is 1. The second kappa shape index (κ2) is 11.4. The number of amides is 2. The lowest BCUT2D eigenvalue weighted by Crippen LogP contribution is -2.24. The summed E-state index contributed by atoms with van der Waals surface area (Å²) in [4.78, 5) is 26.5.